The van der Waals surface area contributed by atoms with E-state index in [2.05, 4.69) is 11.9 Å². The van der Waals surface area contributed by atoms with Crippen molar-refractivity contribution >= 4 is 16.9 Å². The zero-order valence-electron chi connectivity index (χ0n) is 9.50. The number of rotatable bonds is 3. The van der Waals surface area contributed by atoms with Crippen LogP contribution in [0.1, 0.15) is 34.8 Å². The molecule has 2 rings (SSSR count). The van der Waals surface area contributed by atoms with E-state index in [1.165, 1.54) is 5.56 Å². The molecule has 16 heavy (non-hydrogen) atoms. The molecule has 0 aliphatic carbocycles. The van der Waals surface area contributed by atoms with Crippen molar-refractivity contribution in [3.05, 3.63) is 35.0 Å². The molecule has 0 unspecified atom stereocenters. The van der Waals surface area contributed by atoms with Crippen LogP contribution in [0.25, 0.3) is 10.9 Å². The number of aromatic nitrogens is 1. The Hall–Kier alpha value is -1.77. The van der Waals surface area contributed by atoms with Crippen LogP contribution in [-0.4, -0.2) is 16.1 Å². The Bertz CT molecular complexity index is 540. The lowest BCUT2D eigenvalue weighted by atomic mass is 10.0. The van der Waals surface area contributed by atoms with Gasteiger partial charge in [0.15, 0.2) is 0 Å². The third-order valence-corrected chi connectivity index (χ3v) is 2.88. The lowest BCUT2D eigenvalue weighted by molar-refractivity contribution is 0.0698. The van der Waals surface area contributed by atoms with Crippen LogP contribution in [0.2, 0.25) is 0 Å². The molecule has 1 aromatic carbocycles. The summed E-state index contributed by atoms with van der Waals surface area (Å²) < 4.78 is 0. The Morgan fingerprint density at radius 1 is 1.44 bits per heavy atom. The van der Waals surface area contributed by atoms with Gasteiger partial charge < -0.3 is 10.1 Å². The van der Waals surface area contributed by atoms with Crippen molar-refractivity contribution in [1.29, 1.82) is 0 Å². The van der Waals surface area contributed by atoms with E-state index in [0.717, 1.165) is 29.3 Å². The van der Waals surface area contributed by atoms with Crippen molar-refractivity contribution in [2.45, 2.75) is 26.7 Å². The number of nitrogens with one attached hydrogen (secondary N) is 1. The number of carboxylic acids is 1. The maximum Gasteiger partial charge on any atom is 0.338 e. The van der Waals surface area contributed by atoms with E-state index in [4.69, 9.17) is 0 Å². The number of H-pyrrole nitrogens is 1. The van der Waals surface area contributed by atoms with E-state index < -0.39 is 5.97 Å². The van der Waals surface area contributed by atoms with E-state index in [1.807, 2.05) is 25.3 Å². The van der Waals surface area contributed by atoms with E-state index in [-0.39, 0.29) is 0 Å². The van der Waals surface area contributed by atoms with Crippen molar-refractivity contribution in [1.82, 2.24) is 4.98 Å². The average Bonchev–Trinajstić information content (AvgIpc) is 2.61. The summed E-state index contributed by atoms with van der Waals surface area (Å²) in [6, 6.07) is 3.87. The normalized spacial score (nSPS) is 10.9. The zero-order valence-corrected chi connectivity index (χ0v) is 9.50. The predicted molar refractivity (Wildman–Crippen MR) is 64.0 cm³/mol. The van der Waals surface area contributed by atoms with Crippen LogP contribution in [0.15, 0.2) is 18.3 Å². The molecule has 0 saturated carbocycles. The van der Waals surface area contributed by atoms with Gasteiger partial charge in [0, 0.05) is 11.6 Å². The number of aryl methyl sites for hydroxylation is 2. The highest BCUT2D eigenvalue weighted by atomic mass is 16.4. The third-order valence-electron chi connectivity index (χ3n) is 2.88. The maximum absolute atomic E-state index is 11.2. The van der Waals surface area contributed by atoms with Gasteiger partial charge in [0.1, 0.15) is 0 Å². The highest BCUT2D eigenvalue weighted by Crippen LogP contribution is 2.25. The molecule has 0 spiro atoms. The van der Waals surface area contributed by atoms with Gasteiger partial charge in [0.2, 0.25) is 0 Å². The number of aromatic carboxylic acids is 1. The molecule has 2 aromatic rings. The standard InChI is InChI=1S/C13H15NO2/c1-3-4-9-7-14-12-10(9)6-5-8(2)11(12)13(15)16/h5-7,14H,3-4H2,1-2H3,(H,15,16). The lowest BCUT2D eigenvalue weighted by Crippen LogP contribution is -2.00. The second kappa shape index (κ2) is 4.00. The molecule has 3 nitrogen and oxygen atoms in total. The fourth-order valence-electron chi connectivity index (χ4n) is 2.11. The average molecular weight is 217 g/mol. The monoisotopic (exact) mass is 217 g/mol. The summed E-state index contributed by atoms with van der Waals surface area (Å²) in [4.78, 5) is 14.3. The summed E-state index contributed by atoms with van der Waals surface area (Å²) in [5.41, 5.74) is 3.13. The van der Waals surface area contributed by atoms with Gasteiger partial charge in [-0.15, -0.1) is 0 Å². The molecule has 0 aliphatic rings. The molecule has 84 valence electrons. The van der Waals surface area contributed by atoms with Gasteiger partial charge in [-0.2, -0.15) is 0 Å². The molecule has 0 bridgehead atoms. The minimum Gasteiger partial charge on any atom is -0.478 e. The Balaban J connectivity index is 2.70. The molecule has 0 amide bonds. The van der Waals surface area contributed by atoms with Crippen molar-refractivity contribution in [3.63, 3.8) is 0 Å². The van der Waals surface area contributed by atoms with Gasteiger partial charge in [-0.1, -0.05) is 25.5 Å². The highest BCUT2D eigenvalue weighted by molar-refractivity contribution is 6.04. The smallest absolute Gasteiger partial charge is 0.338 e. The molecular weight excluding hydrogens is 202 g/mol. The van der Waals surface area contributed by atoms with Crippen LogP contribution in [-0.2, 0) is 6.42 Å². The summed E-state index contributed by atoms with van der Waals surface area (Å²) >= 11 is 0. The minimum absolute atomic E-state index is 0.389. The molecule has 0 aliphatic heterocycles. The topological polar surface area (TPSA) is 53.1 Å². The van der Waals surface area contributed by atoms with E-state index in [9.17, 15) is 9.90 Å². The molecule has 3 heteroatoms. The van der Waals surface area contributed by atoms with Crippen molar-refractivity contribution in [3.8, 4) is 0 Å². The molecule has 0 atom stereocenters. The van der Waals surface area contributed by atoms with Crippen LogP contribution < -0.4 is 0 Å². The van der Waals surface area contributed by atoms with E-state index in [0.29, 0.717) is 5.56 Å². The zero-order chi connectivity index (χ0) is 11.7. The second-order valence-corrected chi connectivity index (χ2v) is 4.05. The highest BCUT2D eigenvalue weighted by Gasteiger charge is 2.14. The molecule has 0 fully saturated rings. The van der Waals surface area contributed by atoms with Crippen LogP contribution in [0, 0.1) is 6.92 Å². The molecule has 1 aromatic heterocycles. The fraction of sp³-hybridized carbons (Fsp3) is 0.308. The van der Waals surface area contributed by atoms with Gasteiger partial charge in [-0.3, -0.25) is 0 Å². The lowest BCUT2D eigenvalue weighted by Gasteiger charge is -2.03. The number of aromatic amines is 1. The predicted octanol–water partition coefficient (Wildman–Crippen LogP) is 3.13. The summed E-state index contributed by atoms with van der Waals surface area (Å²) in [6.45, 7) is 3.94. The molecule has 1 heterocycles. The molecule has 0 radical (unpaired) electrons. The first-order valence-electron chi connectivity index (χ1n) is 5.48. The van der Waals surface area contributed by atoms with Crippen LogP contribution in [0.4, 0.5) is 0 Å². The number of fused-ring (bicyclic) bond motifs is 1. The van der Waals surface area contributed by atoms with Crippen LogP contribution >= 0.6 is 0 Å². The SMILES string of the molecule is CCCc1c[nH]c2c(C(=O)O)c(C)ccc12. The quantitative estimate of drug-likeness (QED) is 0.829. The number of hydrogen-bond acceptors (Lipinski definition) is 1. The third kappa shape index (κ3) is 1.58. The number of benzene rings is 1. The van der Waals surface area contributed by atoms with Gasteiger partial charge in [-0.05, 0) is 24.5 Å². The molecular formula is C13H15NO2. The fourth-order valence-corrected chi connectivity index (χ4v) is 2.11. The van der Waals surface area contributed by atoms with Crippen LogP contribution in [0.5, 0.6) is 0 Å². The Kier molecular flexibility index (Phi) is 2.69. The molecule has 0 saturated heterocycles. The van der Waals surface area contributed by atoms with Gasteiger partial charge in [0.05, 0.1) is 11.1 Å². The van der Waals surface area contributed by atoms with E-state index >= 15 is 0 Å². The van der Waals surface area contributed by atoms with Gasteiger partial charge in [0.25, 0.3) is 0 Å². The summed E-state index contributed by atoms with van der Waals surface area (Å²) in [7, 11) is 0. The van der Waals surface area contributed by atoms with Crippen molar-refractivity contribution < 1.29 is 9.90 Å². The number of hydrogen-bond donors (Lipinski definition) is 2. The van der Waals surface area contributed by atoms with E-state index in [1.54, 1.807) is 0 Å². The Morgan fingerprint density at radius 2 is 2.19 bits per heavy atom. The summed E-state index contributed by atoms with van der Waals surface area (Å²) in [5.74, 6) is -0.868. The minimum atomic E-state index is -0.868. The first-order chi connectivity index (χ1) is 7.65. The molecule has 2 N–H and O–H groups in total. The second-order valence-electron chi connectivity index (χ2n) is 4.05. The first kappa shape index (κ1) is 10.7. The maximum atomic E-state index is 11.2. The summed E-state index contributed by atoms with van der Waals surface area (Å²) in [6.07, 6.45) is 3.95. The van der Waals surface area contributed by atoms with Gasteiger partial charge >= 0.3 is 5.97 Å². The largest absolute Gasteiger partial charge is 0.478 e. The first-order valence-corrected chi connectivity index (χ1v) is 5.48. The number of carboxylic acid groups (broad SMARTS) is 1. The van der Waals surface area contributed by atoms with Gasteiger partial charge in [-0.25, -0.2) is 4.79 Å². The Morgan fingerprint density at radius 3 is 2.81 bits per heavy atom. The number of carbonyl (C=O) groups is 1. The van der Waals surface area contributed by atoms with Crippen LogP contribution in [0.3, 0.4) is 0 Å². The summed E-state index contributed by atoms with van der Waals surface area (Å²) in [5, 5.41) is 10.2. The Labute approximate surface area is 94.1 Å². The van der Waals surface area contributed by atoms with Crippen molar-refractivity contribution in [2.24, 2.45) is 0 Å². The van der Waals surface area contributed by atoms with Crippen molar-refractivity contribution in [2.75, 3.05) is 0 Å².